The van der Waals surface area contributed by atoms with Crippen LogP contribution in [0.4, 0.5) is 0 Å². The molecule has 1 aromatic heterocycles. The Kier molecular flexibility index (Phi) is 6.84. The van der Waals surface area contributed by atoms with E-state index in [0.717, 1.165) is 47.2 Å². The van der Waals surface area contributed by atoms with Crippen LogP contribution in [-0.4, -0.2) is 17.5 Å². The molecule has 5 heteroatoms. The molecule has 0 fully saturated rings. The van der Waals surface area contributed by atoms with E-state index in [0.29, 0.717) is 18.7 Å². The minimum atomic E-state index is -0.0925. The molecule has 0 atom stereocenters. The fourth-order valence-corrected chi connectivity index (χ4v) is 3.44. The smallest absolute Gasteiger partial charge is 0.251 e. The van der Waals surface area contributed by atoms with Crippen LogP contribution in [0, 0.1) is 12.3 Å². The molecule has 0 bridgehead atoms. The molecule has 0 aliphatic rings. The van der Waals surface area contributed by atoms with E-state index in [9.17, 15) is 4.79 Å². The molecule has 2 aromatic carbocycles. The average molecular weight is 378 g/mol. The van der Waals surface area contributed by atoms with Crippen molar-refractivity contribution in [3.63, 3.8) is 0 Å². The minimum Gasteiger partial charge on any atom is -0.494 e. The summed E-state index contributed by atoms with van der Waals surface area (Å²) in [4.78, 5) is 16.6. The first-order chi connectivity index (χ1) is 13.3. The van der Waals surface area contributed by atoms with Gasteiger partial charge in [-0.15, -0.1) is 23.7 Å². The number of ether oxygens (including phenoxy) is 1. The van der Waals surface area contributed by atoms with E-state index in [-0.39, 0.29) is 5.91 Å². The van der Waals surface area contributed by atoms with Crippen molar-refractivity contribution in [3.8, 4) is 18.1 Å². The van der Waals surface area contributed by atoms with E-state index < -0.39 is 0 Å². The Balaban J connectivity index is 1.49. The molecule has 1 amide bonds. The summed E-state index contributed by atoms with van der Waals surface area (Å²) < 4.78 is 6.80. The van der Waals surface area contributed by atoms with Gasteiger partial charge in [-0.05, 0) is 55.2 Å². The fourth-order valence-electron chi connectivity index (χ4n) is 2.72. The second-order valence-electron chi connectivity index (χ2n) is 6.23. The molecule has 0 unspecified atom stereocenters. The first-order valence-electron chi connectivity index (χ1n) is 9.03. The maximum atomic E-state index is 12.4. The highest BCUT2D eigenvalue weighted by Gasteiger charge is 2.07. The van der Waals surface area contributed by atoms with Crippen molar-refractivity contribution in [1.29, 1.82) is 0 Å². The van der Waals surface area contributed by atoms with Crippen LogP contribution in [0.1, 0.15) is 41.6 Å². The molecule has 0 aliphatic carbocycles. The lowest BCUT2D eigenvalue weighted by atomic mass is 10.1. The number of carbonyl (C=O) groups is 1. The number of thiazole rings is 1. The van der Waals surface area contributed by atoms with E-state index in [2.05, 4.69) is 16.2 Å². The predicted octanol–water partition coefficient (Wildman–Crippen LogP) is 4.80. The monoisotopic (exact) mass is 378 g/mol. The van der Waals surface area contributed by atoms with E-state index in [1.165, 1.54) is 11.3 Å². The third kappa shape index (κ3) is 5.57. The summed E-state index contributed by atoms with van der Waals surface area (Å²) in [5.74, 6) is 3.38. The lowest BCUT2D eigenvalue weighted by Crippen LogP contribution is -2.22. The van der Waals surface area contributed by atoms with Crippen molar-refractivity contribution >= 4 is 27.5 Å². The summed E-state index contributed by atoms with van der Waals surface area (Å²) in [6, 6.07) is 13.4. The lowest BCUT2D eigenvalue weighted by molar-refractivity contribution is 0.0951. The van der Waals surface area contributed by atoms with Crippen LogP contribution in [0.15, 0.2) is 48.0 Å². The first-order valence-corrected chi connectivity index (χ1v) is 9.91. The topological polar surface area (TPSA) is 51.2 Å². The number of benzene rings is 2. The van der Waals surface area contributed by atoms with Crippen LogP contribution in [0.25, 0.3) is 10.2 Å². The van der Waals surface area contributed by atoms with Crippen LogP contribution in [0.5, 0.6) is 5.75 Å². The van der Waals surface area contributed by atoms with Crippen molar-refractivity contribution < 1.29 is 9.53 Å². The van der Waals surface area contributed by atoms with Crippen LogP contribution in [0.3, 0.4) is 0 Å². The maximum Gasteiger partial charge on any atom is 0.251 e. The molecule has 3 rings (SSSR count). The number of hydrogen-bond acceptors (Lipinski definition) is 4. The average Bonchev–Trinajstić information content (AvgIpc) is 3.17. The first kappa shape index (κ1) is 18.9. The molecular weight excluding hydrogens is 356 g/mol. The Bertz CT molecular complexity index is 943. The number of carbonyl (C=O) groups excluding carboxylic acids is 1. The number of hydrogen-bond donors (Lipinski definition) is 1. The number of nitrogens with zero attached hydrogens (tertiary/aromatic N) is 1. The van der Waals surface area contributed by atoms with Crippen LogP contribution in [-0.2, 0) is 6.54 Å². The number of terminal acetylenes is 1. The number of rotatable bonds is 9. The summed E-state index contributed by atoms with van der Waals surface area (Å²) in [6.07, 6.45) is 9.17. The van der Waals surface area contributed by atoms with Gasteiger partial charge < -0.3 is 10.1 Å². The molecule has 1 N–H and O–H groups in total. The second kappa shape index (κ2) is 9.75. The Morgan fingerprint density at radius 2 is 2.11 bits per heavy atom. The van der Waals surface area contributed by atoms with Gasteiger partial charge >= 0.3 is 0 Å². The zero-order valence-electron chi connectivity index (χ0n) is 15.1. The van der Waals surface area contributed by atoms with Crippen LogP contribution < -0.4 is 10.1 Å². The highest BCUT2D eigenvalue weighted by atomic mass is 32.1. The molecule has 0 spiro atoms. The molecule has 0 saturated carbocycles. The lowest BCUT2D eigenvalue weighted by Gasteiger charge is -2.09. The van der Waals surface area contributed by atoms with Gasteiger partial charge in [0.05, 0.1) is 22.3 Å². The minimum absolute atomic E-state index is 0.0925. The fraction of sp³-hybridized carbons (Fsp3) is 0.273. The standard InChI is InChI=1S/C22H22N2O2S/c1-2-3-4-5-6-12-26-19-9-7-8-17(13-19)15-23-22(25)18-10-11-20-21(14-18)27-16-24-20/h1,7-11,13-14,16H,3-6,12,15H2,(H,23,25). The summed E-state index contributed by atoms with van der Waals surface area (Å²) in [5.41, 5.74) is 4.35. The molecule has 0 radical (unpaired) electrons. The third-order valence-corrected chi connectivity index (χ3v) is 4.97. The zero-order valence-corrected chi connectivity index (χ0v) is 15.9. The van der Waals surface area contributed by atoms with Crippen LogP contribution in [0.2, 0.25) is 0 Å². The van der Waals surface area contributed by atoms with Gasteiger partial charge in [0.1, 0.15) is 5.75 Å². The van der Waals surface area contributed by atoms with E-state index >= 15 is 0 Å². The van der Waals surface area contributed by atoms with Crippen molar-refractivity contribution in [1.82, 2.24) is 10.3 Å². The highest BCUT2D eigenvalue weighted by molar-refractivity contribution is 7.16. The largest absolute Gasteiger partial charge is 0.494 e. The number of aromatic nitrogens is 1. The number of unbranched alkanes of at least 4 members (excludes halogenated alkanes) is 3. The highest BCUT2D eigenvalue weighted by Crippen LogP contribution is 2.19. The predicted molar refractivity (Wildman–Crippen MR) is 110 cm³/mol. The van der Waals surface area contributed by atoms with Crippen molar-refractivity contribution in [3.05, 3.63) is 59.1 Å². The quantitative estimate of drug-likeness (QED) is 0.430. The van der Waals surface area contributed by atoms with Gasteiger partial charge in [-0.2, -0.15) is 0 Å². The Labute approximate surface area is 163 Å². The SMILES string of the molecule is C#CCCCCCOc1cccc(CNC(=O)c2ccc3ncsc3c2)c1. The van der Waals surface area contributed by atoms with Gasteiger partial charge in [-0.1, -0.05) is 12.1 Å². The molecule has 4 nitrogen and oxygen atoms in total. The number of nitrogens with one attached hydrogen (secondary N) is 1. The van der Waals surface area contributed by atoms with Crippen LogP contribution >= 0.6 is 11.3 Å². The summed E-state index contributed by atoms with van der Waals surface area (Å²) in [5, 5.41) is 2.96. The van der Waals surface area contributed by atoms with Gasteiger partial charge in [0.15, 0.2) is 0 Å². The summed E-state index contributed by atoms with van der Waals surface area (Å²) in [7, 11) is 0. The summed E-state index contributed by atoms with van der Waals surface area (Å²) in [6.45, 7) is 1.13. The van der Waals surface area contributed by atoms with Gasteiger partial charge in [-0.3, -0.25) is 4.79 Å². The number of fused-ring (bicyclic) bond motifs is 1. The van der Waals surface area contributed by atoms with Crippen molar-refractivity contribution in [2.24, 2.45) is 0 Å². The zero-order chi connectivity index (χ0) is 18.9. The molecular formula is C22H22N2O2S. The van der Waals surface area contributed by atoms with Gasteiger partial charge in [0.25, 0.3) is 5.91 Å². The third-order valence-electron chi connectivity index (χ3n) is 4.18. The van der Waals surface area contributed by atoms with Crippen molar-refractivity contribution in [2.75, 3.05) is 6.61 Å². The van der Waals surface area contributed by atoms with E-state index in [1.807, 2.05) is 36.4 Å². The van der Waals surface area contributed by atoms with E-state index in [4.69, 9.17) is 11.2 Å². The van der Waals surface area contributed by atoms with Gasteiger partial charge in [0, 0.05) is 18.5 Å². The van der Waals surface area contributed by atoms with Crippen molar-refractivity contribution in [2.45, 2.75) is 32.2 Å². The molecule has 138 valence electrons. The Morgan fingerprint density at radius 1 is 1.19 bits per heavy atom. The number of amides is 1. The maximum absolute atomic E-state index is 12.4. The summed E-state index contributed by atoms with van der Waals surface area (Å²) >= 11 is 1.53. The normalized spacial score (nSPS) is 10.5. The molecule has 1 heterocycles. The second-order valence-corrected chi connectivity index (χ2v) is 7.11. The molecule has 27 heavy (non-hydrogen) atoms. The molecule has 0 aliphatic heterocycles. The Hall–Kier alpha value is -2.84. The molecule has 0 saturated heterocycles. The van der Waals surface area contributed by atoms with E-state index in [1.54, 1.807) is 11.6 Å². The van der Waals surface area contributed by atoms with Gasteiger partial charge in [0.2, 0.25) is 0 Å². The molecule has 3 aromatic rings. The Morgan fingerprint density at radius 3 is 3.00 bits per heavy atom. The van der Waals surface area contributed by atoms with Gasteiger partial charge in [-0.25, -0.2) is 4.98 Å².